The first-order valence-corrected chi connectivity index (χ1v) is 9.18. The molecule has 1 unspecified atom stereocenters. The van der Waals surface area contributed by atoms with Gasteiger partial charge in [0.1, 0.15) is 11.4 Å². The molecule has 0 radical (unpaired) electrons. The molecule has 1 atom stereocenters. The van der Waals surface area contributed by atoms with Crippen molar-refractivity contribution in [2.45, 2.75) is 38.5 Å². The molecule has 0 fully saturated rings. The Balaban J connectivity index is 1.45. The molecule has 0 amide bonds. The van der Waals surface area contributed by atoms with Gasteiger partial charge in [0.25, 0.3) is 0 Å². The highest BCUT2D eigenvalue weighted by Gasteiger charge is 2.33. The Kier molecular flexibility index (Phi) is 4.56. The first-order chi connectivity index (χ1) is 13.0. The maximum Gasteiger partial charge on any atom is 0.231 e. The highest BCUT2D eigenvalue weighted by atomic mass is 16.7. The summed E-state index contributed by atoms with van der Waals surface area (Å²) in [4.78, 5) is 4.39. The van der Waals surface area contributed by atoms with Crippen LogP contribution in [-0.2, 0) is 6.54 Å². The number of benzene rings is 2. The van der Waals surface area contributed by atoms with Gasteiger partial charge in [0, 0.05) is 25.6 Å². The third-order valence-electron chi connectivity index (χ3n) is 4.81. The number of para-hydroxylation sites is 1. The molecular weight excluding hydrogens is 342 g/mol. The average Bonchev–Trinajstić information content (AvgIpc) is 3.12. The summed E-state index contributed by atoms with van der Waals surface area (Å²) >= 11 is 0. The van der Waals surface area contributed by atoms with Gasteiger partial charge in [-0.3, -0.25) is 4.99 Å². The largest absolute Gasteiger partial charge is 0.487 e. The number of fused-ring (bicyclic) bond motifs is 2. The Morgan fingerprint density at radius 3 is 2.78 bits per heavy atom. The van der Waals surface area contributed by atoms with E-state index >= 15 is 0 Å². The summed E-state index contributed by atoms with van der Waals surface area (Å²) < 4.78 is 16.9. The van der Waals surface area contributed by atoms with Crippen molar-refractivity contribution in [1.29, 1.82) is 0 Å². The van der Waals surface area contributed by atoms with E-state index in [2.05, 4.69) is 35.5 Å². The van der Waals surface area contributed by atoms with Crippen LogP contribution in [0.3, 0.4) is 0 Å². The van der Waals surface area contributed by atoms with Gasteiger partial charge in [0.05, 0.1) is 6.04 Å². The van der Waals surface area contributed by atoms with E-state index in [-0.39, 0.29) is 18.4 Å². The monoisotopic (exact) mass is 367 g/mol. The maximum atomic E-state index is 6.11. The van der Waals surface area contributed by atoms with Crippen LogP contribution < -0.4 is 24.8 Å². The highest BCUT2D eigenvalue weighted by molar-refractivity contribution is 5.80. The number of nitrogens with zero attached hydrogens (tertiary/aromatic N) is 1. The van der Waals surface area contributed by atoms with Gasteiger partial charge in [-0.25, -0.2) is 0 Å². The predicted molar refractivity (Wildman–Crippen MR) is 104 cm³/mol. The van der Waals surface area contributed by atoms with Gasteiger partial charge in [0.15, 0.2) is 17.5 Å². The van der Waals surface area contributed by atoms with E-state index in [9.17, 15) is 0 Å². The van der Waals surface area contributed by atoms with Gasteiger partial charge in [-0.1, -0.05) is 24.3 Å². The molecule has 0 bridgehead atoms. The lowest BCUT2D eigenvalue weighted by molar-refractivity contribution is 0.0694. The Hall–Kier alpha value is -2.89. The number of nitrogens with one attached hydrogen (secondary N) is 2. The van der Waals surface area contributed by atoms with Crippen molar-refractivity contribution in [3.8, 4) is 17.2 Å². The summed E-state index contributed by atoms with van der Waals surface area (Å²) in [5.74, 6) is 3.27. The highest BCUT2D eigenvalue weighted by Crippen LogP contribution is 2.39. The molecule has 2 aliphatic rings. The number of guanidine groups is 1. The minimum atomic E-state index is -0.234. The van der Waals surface area contributed by atoms with Crippen molar-refractivity contribution in [2.24, 2.45) is 4.99 Å². The van der Waals surface area contributed by atoms with Gasteiger partial charge < -0.3 is 24.8 Å². The molecule has 27 heavy (non-hydrogen) atoms. The second-order valence-corrected chi connectivity index (χ2v) is 7.41. The van der Waals surface area contributed by atoms with Gasteiger partial charge >= 0.3 is 0 Å². The summed E-state index contributed by atoms with van der Waals surface area (Å²) in [5, 5.41) is 6.93. The van der Waals surface area contributed by atoms with Crippen molar-refractivity contribution < 1.29 is 14.2 Å². The number of aliphatic imine (C=N–C) groups is 1. The maximum absolute atomic E-state index is 6.11. The van der Waals surface area contributed by atoms with Crippen LogP contribution in [0.25, 0.3) is 0 Å². The van der Waals surface area contributed by atoms with Gasteiger partial charge in [-0.05, 0) is 37.6 Å². The second-order valence-electron chi connectivity index (χ2n) is 7.41. The molecule has 2 aromatic rings. The van der Waals surface area contributed by atoms with E-state index in [4.69, 9.17) is 14.2 Å². The molecule has 0 spiro atoms. The van der Waals surface area contributed by atoms with Crippen LogP contribution in [0.1, 0.15) is 37.4 Å². The molecule has 142 valence electrons. The Labute approximate surface area is 159 Å². The number of hydrogen-bond acceptors (Lipinski definition) is 4. The molecule has 0 aromatic heterocycles. The molecule has 2 N–H and O–H groups in total. The summed E-state index contributed by atoms with van der Waals surface area (Å²) in [6.45, 7) is 5.15. The van der Waals surface area contributed by atoms with Crippen molar-refractivity contribution in [1.82, 2.24) is 10.6 Å². The minimum Gasteiger partial charge on any atom is -0.487 e. The molecule has 2 heterocycles. The molecule has 4 rings (SSSR count). The van der Waals surface area contributed by atoms with Crippen LogP contribution in [0.2, 0.25) is 0 Å². The Morgan fingerprint density at radius 2 is 1.93 bits per heavy atom. The lowest BCUT2D eigenvalue weighted by Crippen LogP contribution is -2.45. The average molecular weight is 367 g/mol. The number of rotatable bonds is 3. The molecule has 2 aliphatic heterocycles. The molecule has 6 heteroatoms. The first-order valence-electron chi connectivity index (χ1n) is 9.18. The number of ether oxygens (including phenoxy) is 3. The SMILES string of the molecule is CN=C(NCc1ccc2c(c1)OCO2)NC1CC(C)(C)Oc2ccccc21. The molecular formula is C21H25N3O3. The normalized spacial score (nSPS) is 19.8. The lowest BCUT2D eigenvalue weighted by Gasteiger charge is -2.38. The van der Waals surface area contributed by atoms with Gasteiger partial charge in [-0.15, -0.1) is 0 Å². The van der Waals surface area contributed by atoms with Crippen LogP contribution >= 0.6 is 0 Å². The minimum absolute atomic E-state index is 0.132. The van der Waals surface area contributed by atoms with Gasteiger partial charge in [0.2, 0.25) is 6.79 Å². The fraction of sp³-hybridized carbons (Fsp3) is 0.381. The van der Waals surface area contributed by atoms with Crippen molar-refractivity contribution in [2.75, 3.05) is 13.8 Å². The molecule has 2 aromatic carbocycles. The zero-order valence-electron chi connectivity index (χ0n) is 15.9. The fourth-order valence-electron chi connectivity index (χ4n) is 3.53. The Morgan fingerprint density at radius 1 is 1.11 bits per heavy atom. The summed E-state index contributed by atoms with van der Waals surface area (Å²) in [7, 11) is 1.78. The quantitative estimate of drug-likeness (QED) is 0.643. The van der Waals surface area contributed by atoms with E-state index in [1.807, 2.05) is 36.4 Å². The topological polar surface area (TPSA) is 64.1 Å². The van der Waals surface area contributed by atoms with Crippen molar-refractivity contribution >= 4 is 5.96 Å². The van der Waals surface area contributed by atoms with E-state index < -0.39 is 0 Å². The van der Waals surface area contributed by atoms with Crippen LogP contribution in [0.15, 0.2) is 47.5 Å². The Bertz CT molecular complexity index is 864. The third-order valence-corrected chi connectivity index (χ3v) is 4.81. The molecule has 0 saturated heterocycles. The summed E-state index contributed by atoms with van der Waals surface area (Å²) in [6, 6.07) is 14.3. The van der Waals surface area contributed by atoms with E-state index in [0.29, 0.717) is 6.54 Å². The summed E-state index contributed by atoms with van der Waals surface area (Å²) in [5.41, 5.74) is 2.03. The zero-order valence-corrected chi connectivity index (χ0v) is 15.9. The predicted octanol–water partition coefficient (Wildman–Crippen LogP) is 3.38. The van der Waals surface area contributed by atoms with Crippen molar-refractivity contribution in [3.05, 3.63) is 53.6 Å². The van der Waals surface area contributed by atoms with Crippen LogP contribution in [0.5, 0.6) is 17.2 Å². The molecule has 0 saturated carbocycles. The van der Waals surface area contributed by atoms with Crippen LogP contribution in [0, 0.1) is 0 Å². The fourth-order valence-corrected chi connectivity index (χ4v) is 3.53. The molecule has 0 aliphatic carbocycles. The van der Waals surface area contributed by atoms with Crippen LogP contribution in [0.4, 0.5) is 0 Å². The zero-order chi connectivity index (χ0) is 18.9. The first kappa shape index (κ1) is 17.5. The van der Waals surface area contributed by atoms with E-state index in [0.717, 1.165) is 40.8 Å². The second kappa shape index (κ2) is 7.02. The van der Waals surface area contributed by atoms with E-state index in [1.54, 1.807) is 7.05 Å². The smallest absolute Gasteiger partial charge is 0.231 e. The third kappa shape index (κ3) is 3.79. The van der Waals surface area contributed by atoms with Crippen molar-refractivity contribution in [3.63, 3.8) is 0 Å². The molecule has 6 nitrogen and oxygen atoms in total. The van der Waals surface area contributed by atoms with E-state index in [1.165, 1.54) is 0 Å². The number of hydrogen-bond donors (Lipinski definition) is 2. The lowest BCUT2D eigenvalue weighted by atomic mass is 9.90. The van der Waals surface area contributed by atoms with Crippen LogP contribution in [-0.4, -0.2) is 25.4 Å². The standard InChI is InChI=1S/C21H25N3O3/c1-21(2)11-16(15-6-4-5-7-17(15)27-21)24-20(22-3)23-12-14-8-9-18-19(10-14)26-13-25-18/h4-10,16H,11-13H2,1-3H3,(H2,22,23,24). The summed E-state index contributed by atoms with van der Waals surface area (Å²) in [6.07, 6.45) is 0.856. The van der Waals surface area contributed by atoms with Gasteiger partial charge in [-0.2, -0.15) is 0 Å².